The number of nitrogens with one attached hydrogen (secondary N) is 2. The average Bonchev–Trinajstić information content (AvgIpc) is 2.68. The number of anilines is 2. The summed E-state index contributed by atoms with van der Waals surface area (Å²) in [5.41, 5.74) is 0.872. The standard InChI is InChI=1S/C20H20Cl2N2O5/c1-2-28-17-6-4-3-5-16(17)24-19(26)12-29-20(27)10-9-18(25)23-15-8-7-13(21)11-14(15)22/h3-8,11H,2,9-10,12H2,1H3,(H,23,25)(H,24,26). The van der Waals surface area contributed by atoms with E-state index in [1.165, 1.54) is 6.07 Å². The van der Waals surface area contributed by atoms with Crippen molar-refractivity contribution in [2.45, 2.75) is 19.8 Å². The van der Waals surface area contributed by atoms with Crippen molar-refractivity contribution in [3.63, 3.8) is 0 Å². The Labute approximate surface area is 178 Å². The summed E-state index contributed by atoms with van der Waals surface area (Å²) in [6, 6.07) is 11.6. The topological polar surface area (TPSA) is 93.7 Å². The lowest BCUT2D eigenvalue weighted by molar-refractivity contribution is -0.147. The van der Waals surface area contributed by atoms with Gasteiger partial charge in [0, 0.05) is 11.4 Å². The van der Waals surface area contributed by atoms with Crippen LogP contribution in [0, 0.1) is 0 Å². The number of benzene rings is 2. The molecule has 7 nitrogen and oxygen atoms in total. The van der Waals surface area contributed by atoms with Gasteiger partial charge in [0.05, 0.1) is 29.4 Å². The predicted octanol–water partition coefficient (Wildman–Crippen LogP) is 4.29. The second-order valence-electron chi connectivity index (χ2n) is 5.81. The fourth-order valence-electron chi connectivity index (χ4n) is 2.27. The second-order valence-corrected chi connectivity index (χ2v) is 6.65. The highest BCUT2D eigenvalue weighted by atomic mass is 35.5. The number of hydrogen-bond donors (Lipinski definition) is 2. The number of para-hydroxylation sites is 2. The molecule has 2 aromatic rings. The molecule has 0 saturated heterocycles. The van der Waals surface area contributed by atoms with Crippen LogP contribution >= 0.6 is 23.2 Å². The molecule has 0 spiro atoms. The number of hydrogen-bond acceptors (Lipinski definition) is 5. The number of carbonyl (C=O) groups excluding carboxylic acids is 3. The Hall–Kier alpha value is -2.77. The molecule has 0 atom stereocenters. The fraction of sp³-hybridized carbons (Fsp3) is 0.250. The highest BCUT2D eigenvalue weighted by molar-refractivity contribution is 6.36. The normalized spacial score (nSPS) is 10.2. The van der Waals surface area contributed by atoms with Crippen LogP contribution < -0.4 is 15.4 Å². The summed E-state index contributed by atoms with van der Waals surface area (Å²) in [6.45, 7) is 1.81. The lowest BCUT2D eigenvalue weighted by Crippen LogP contribution is -2.22. The van der Waals surface area contributed by atoms with Gasteiger partial charge in [0.15, 0.2) is 6.61 Å². The third-order valence-electron chi connectivity index (χ3n) is 3.59. The minimum absolute atomic E-state index is 0.118. The summed E-state index contributed by atoms with van der Waals surface area (Å²) in [5.74, 6) is -1.08. The third-order valence-corrected chi connectivity index (χ3v) is 4.13. The first-order valence-electron chi connectivity index (χ1n) is 8.81. The number of rotatable bonds is 9. The zero-order chi connectivity index (χ0) is 21.2. The maximum atomic E-state index is 12.0. The van der Waals surface area contributed by atoms with Crippen LogP contribution in [0.25, 0.3) is 0 Å². The van der Waals surface area contributed by atoms with Crippen LogP contribution in [0.5, 0.6) is 5.75 Å². The van der Waals surface area contributed by atoms with Gasteiger partial charge in [-0.25, -0.2) is 0 Å². The Bertz CT molecular complexity index is 889. The van der Waals surface area contributed by atoms with Crippen molar-refractivity contribution in [1.29, 1.82) is 0 Å². The lowest BCUT2D eigenvalue weighted by Gasteiger charge is -2.11. The van der Waals surface area contributed by atoms with Crippen LogP contribution in [0.15, 0.2) is 42.5 Å². The van der Waals surface area contributed by atoms with Crippen molar-refractivity contribution >= 4 is 52.4 Å². The van der Waals surface area contributed by atoms with E-state index in [2.05, 4.69) is 10.6 Å². The molecular weight excluding hydrogens is 419 g/mol. The van der Waals surface area contributed by atoms with Crippen LogP contribution in [0.2, 0.25) is 10.0 Å². The average molecular weight is 439 g/mol. The minimum Gasteiger partial charge on any atom is -0.492 e. The van der Waals surface area contributed by atoms with Gasteiger partial charge in [0.25, 0.3) is 5.91 Å². The molecule has 0 radical (unpaired) electrons. The maximum Gasteiger partial charge on any atom is 0.306 e. The number of esters is 1. The van der Waals surface area contributed by atoms with Crippen LogP contribution in [0.4, 0.5) is 11.4 Å². The molecule has 2 aromatic carbocycles. The van der Waals surface area contributed by atoms with E-state index in [1.807, 2.05) is 6.92 Å². The van der Waals surface area contributed by atoms with Gasteiger partial charge in [-0.1, -0.05) is 35.3 Å². The highest BCUT2D eigenvalue weighted by Gasteiger charge is 2.13. The van der Waals surface area contributed by atoms with E-state index in [-0.39, 0.29) is 17.9 Å². The van der Waals surface area contributed by atoms with E-state index in [4.69, 9.17) is 32.7 Å². The summed E-state index contributed by atoms with van der Waals surface area (Å²) in [7, 11) is 0. The number of halogens is 2. The number of ether oxygens (including phenoxy) is 2. The van der Waals surface area contributed by atoms with Gasteiger partial charge in [-0.05, 0) is 37.3 Å². The molecule has 0 heterocycles. The molecule has 0 aromatic heterocycles. The van der Waals surface area contributed by atoms with Gasteiger partial charge >= 0.3 is 5.97 Å². The summed E-state index contributed by atoms with van der Waals surface area (Å²) in [5, 5.41) is 5.92. The summed E-state index contributed by atoms with van der Waals surface area (Å²) >= 11 is 11.8. The molecule has 2 N–H and O–H groups in total. The van der Waals surface area contributed by atoms with Gasteiger partial charge < -0.3 is 20.1 Å². The highest BCUT2D eigenvalue weighted by Crippen LogP contribution is 2.25. The summed E-state index contributed by atoms with van der Waals surface area (Å²) in [4.78, 5) is 35.7. The Morgan fingerprint density at radius 2 is 1.66 bits per heavy atom. The van der Waals surface area contributed by atoms with E-state index >= 15 is 0 Å². The lowest BCUT2D eigenvalue weighted by atomic mass is 10.2. The first kappa shape index (κ1) is 22.5. The van der Waals surface area contributed by atoms with Gasteiger partial charge in [0.2, 0.25) is 5.91 Å². The molecule has 0 aliphatic carbocycles. The molecule has 2 rings (SSSR count). The van der Waals surface area contributed by atoms with E-state index in [0.29, 0.717) is 28.8 Å². The molecule has 9 heteroatoms. The van der Waals surface area contributed by atoms with Crippen molar-refractivity contribution in [2.24, 2.45) is 0 Å². The minimum atomic E-state index is -0.671. The van der Waals surface area contributed by atoms with E-state index in [1.54, 1.807) is 36.4 Å². The SMILES string of the molecule is CCOc1ccccc1NC(=O)COC(=O)CCC(=O)Nc1ccc(Cl)cc1Cl. The molecule has 29 heavy (non-hydrogen) atoms. The van der Waals surface area contributed by atoms with E-state index < -0.39 is 24.4 Å². The van der Waals surface area contributed by atoms with E-state index in [9.17, 15) is 14.4 Å². The molecular formula is C20H20Cl2N2O5. The molecule has 0 unspecified atom stereocenters. The Kier molecular flexibility index (Phi) is 8.76. The Morgan fingerprint density at radius 3 is 2.38 bits per heavy atom. The van der Waals surface area contributed by atoms with Crippen LogP contribution in [-0.4, -0.2) is 31.0 Å². The zero-order valence-electron chi connectivity index (χ0n) is 15.7. The maximum absolute atomic E-state index is 12.0. The molecule has 0 bridgehead atoms. The molecule has 2 amide bonds. The zero-order valence-corrected chi connectivity index (χ0v) is 17.2. The Morgan fingerprint density at radius 1 is 0.931 bits per heavy atom. The third kappa shape index (κ3) is 7.63. The van der Waals surface area contributed by atoms with Crippen molar-refractivity contribution in [2.75, 3.05) is 23.8 Å². The molecule has 154 valence electrons. The first-order chi connectivity index (χ1) is 13.9. The van der Waals surface area contributed by atoms with Gasteiger partial charge in [0.1, 0.15) is 5.75 Å². The second kappa shape index (κ2) is 11.3. The Balaban J connectivity index is 1.74. The monoisotopic (exact) mass is 438 g/mol. The van der Waals surface area contributed by atoms with Gasteiger partial charge in [-0.15, -0.1) is 0 Å². The first-order valence-corrected chi connectivity index (χ1v) is 9.57. The van der Waals surface area contributed by atoms with Crippen LogP contribution in [0.3, 0.4) is 0 Å². The smallest absolute Gasteiger partial charge is 0.306 e. The van der Waals surface area contributed by atoms with Crippen molar-refractivity contribution in [3.8, 4) is 5.75 Å². The predicted molar refractivity (Wildman–Crippen MR) is 112 cm³/mol. The van der Waals surface area contributed by atoms with Crippen molar-refractivity contribution in [1.82, 2.24) is 0 Å². The van der Waals surface area contributed by atoms with Crippen LogP contribution in [0.1, 0.15) is 19.8 Å². The largest absolute Gasteiger partial charge is 0.492 e. The number of carbonyl (C=O) groups is 3. The van der Waals surface area contributed by atoms with Gasteiger partial charge in [-0.2, -0.15) is 0 Å². The quantitative estimate of drug-likeness (QED) is 0.569. The molecule has 0 aliphatic rings. The molecule has 0 aliphatic heterocycles. The molecule has 0 saturated carbocycles. The fourth-order valence-corrected chi connectivity index (χ4v) is 2.73. The number of amides is 2. The van der Waals surface area contributed by atoms with E-state index in [0.717, 1.165) is 0 Å². The van der Waals surface area contributed by atoms with Gasteiger partial charge in [-0.3, -0.25) is 14.4 Å². The van der Waals surface area contributed by atoms with Crippen LogP contribution in [-0.2, 0) is 19.1 Å². The van der Waals surface area contributed by atoms with Crippen molar-refractivity contribution in [3.05, 3.63) is 52.5 Å². The molecule has 0 fully saturated rings. The van der Waals surface area contributed by atoms with Crippen molar-refractivity contribution < 1.29 is 23.9 Å². The summed E-state index contributed by atoms with van der Waals surface area (Å²) < 4.78 is 10.3. The summed E-state index contributed by atoms with van der Waals surface area (Å²) in [6.07, 6.45) is -0.299.